The highest BCUT2D eigenvalue weighted by molar-refractivity contribution is 7.39. The Bertz CT molecular complexity index is 6250. The van der Waals surface area contributed by atoms with Crippen molar-refractivity contribution in [1.29, 1.82) is 0 Å². The monoisotopic (exact) mass is 1650 g/mol. The van der Waals surface area contributed by atoms with Crippen LogP contribution in [0, 0.1) is 0 Å². The largest absolute Gasteiger partial charge is 0.416 e. The van der Waals surface area contributed by atoms with Gasteiger partial charge in [-0.2, -0.15) is 0 Å². The summed E-state index contributed by atoms with van der Waals surface area (Å²) in [5.41, 5.74) is 18.1. The predicted molar refractivity (Wildman–Crippen MR) is 498 cm³/mol. The molecule has 570 valence electrons. The number of thiophene rings is 6. The average Bonchev–Trinajstić information content (AvgIpc) is 1.61. The van der Waals surface area contributed by atoms with Crippen LogP contribution >= 0.6 is 91.2 Å². The maximum Gasteiger partial charge on any atom is 0.248 e. The van der Waals surface area contributed by atoms with E-state index in [9.17, 15) is 4.79 Å². The fraction of sp³-hybridized carbons (Fsp3) is 0.112. The Kier molecular flexibility index (Phi) is 24.8. The first kappa shape index (κ1) is 79.0. The number of hydrogen-bond donors (Lipinski definition) is 0. The van der Waals surface area contributed by atoms with Crippen LogP contribution in [0.15, 0.2) is 300 Å². The molecule has 0 radical (unpaired) electrons. The summed E-state index contributed by atoms with van der Waals surface area (Å²) in [5.74, 6) is 2.16. The van der Waals surface area contributed by atoms with Crippen LogP contribution in [-0.4, -0.2) is 32.0 Å². The van der Waals surface area contributed by atoms with Gasteiger partial charge in [-0.3, -0.25) is 4.79 Å². The topological polar surface area (TPSA) is 101 Å². The van der Waals surface area contributed by atoms with E-state index < -0.39 is 0 Å². The maximum absolute atomic E-state index is 11.1. The van der Waals surface area contributed by atoms with E-state index in [1.165, 1.54) is 74.5 Å². The second-order valence-corrected chi connectivity index (χ2v) is 36.5. The van der Waals surface area contributed by atoms with Crippen molar-refractivity contribution in [3.05, 3.63) is 344 Å². The van der Waals surface area contributed by atoms with Gasteiger partial charge in [0.1, 0.15) is 0 Å². The molecule has 0 fully saturated rings. The number of rotatable bonds is 18. The number of aryl methyl sites for hydroxylation is 1. The number of benzene rings is 10. The van der Waals surface area contributed by atoms with Crippen LogP contribution in [-0.2, 0) is 17.3 Å². The van der Waals surface area contributed by atoms with E-state index >= 15 is 0 Å². The summed E-state index contributed by atoms with van der Waals surface area (Å²) in [6.07, 6.45) is 15.1. The predicted octanol–water partition coefficient (Wildman–Crippen LogP) is 31.3. The fourth-order valence-electron chi connectivity index (χ4n) is 13.0. The molecule has 9 nitrogen and oxygen atoms in total. The third-order valence-corrected chi connectivity index (χ3v) is 26.5. The Morgan fingerprint density at radius 3 is 0.852 bits per heavy atom. The molecule has 115 heavy (non-hydrogen) atoms. The van der Waals surface area contributed by atoms with E-state index in [1.54, 1.807) is 34.0 Å². The van der Waals surface area contributed by atoms with Crippen molar-refractivity contribution in [2.45, 2.75) is 65.7 Å². The molecule has 0 amide bonds. The number of alkyl halides is 2. The zero-order valence-electron chi connectivity index (χ0n) is 64.3. The number of fused-ring (bicyclic) bond motifs is 6. The minimum atomic E-state index is 0.0966. The van der Waals surface area contributed by atoms with Crippen LogP contribution in [0.5, 0.6) is 0 Å². The molecule has 0 N–H and O–H groups in total. The molecule has 0 unspecified atom stereocenters. The highest BCUT2D eigenvalue weighted by atomic mass is 35.5. The molecular formula is C98H80Cl2N6O3S6. The van der Waals surface area contributed by atoms with E-state index in [1.807, 2.05) is 101 Å². The number of anilines is 6. The van der Waals surface area contributed by atoms with Gasteiger partial charge in [0.05, 0.1) is 29.0 Å². The van der Waals surface area contributed by atoms with Crippen LogP contribution in [0.4, 0.5) is 34.1 Å². The molecule has 0 aliphatic carbocycles. The SMILES string of the molecule is CC(C)(C)c1ccc(-c2nnc(-c3ccc(/C=C/c4cc5sc6cc(/C=C/c7ccc(N(c8ccccc8)c8ccccc8)cc7)sc6c5s4)cc3)o2)cc1.CCc1ccc(-c2nnc(-c3ccc(C(C)(C)C)cc3)o2)cc1.ClCCl.O=Cc1cc2sc3cc(/C=C/c4ccc(N(c5ccccc5)c5ccccc5)cc4)sc3c2s1. The molecule has 0 aliphatic rings. The smallest absolute Gasteiger partial charge is 0.248 e. The molecule has 18 rings (SSSR count). The van der Waals surface area contributed by atoms with Crippen LogP contribution < -0.4 is 9.80 Å². The van der Waals surface area contributed by atoms with Gasteiger partial charge in [0.25, 0.3) is 0 Å². The molecule has 0 bridgehead atoms. The summed E-state index contributed by atoms with van der Waals surface area (Å²) in [7, 11) is 0. The quantitative estimate of drug-likeness (QED) is 0.0614. The van der Waals surface area contributed by atoms with Gasteiger partial charge < -0.3 is 18.6 Å². The van der Waals surface area contributed by atoms with E-state index in [-0.39, 0.29) is 16.2 Å². The van der Waals surface area contributed by atoms with E-state index in [2.05, 4.69) is 340 Å². The number of nitrogens with zero attached hydrogens (tertiary/aromatic N) is 6. The minimum Gasteiger partial charge on any atom is -0.416 e. The molecule has 0 atom stereocenters. The summed E-state index contributed by atoms with van der Waals surface area (Å²) >= 11 is 20.3. The van der Waals surface area contributed by atoms with Crippen molar-refractivity contribution in [3.8, 4) is 45.8 Å². The molecular weight excluding hydrogens is 1570 g/mol. The molecule has 0 spiro atoms. The number of para-hydroxylation sites is 4. The van der Waals surface area contributed by atoms with Gasteiger partial charge in [-0.15, -0.1) is 112 Å². The highest BCUT2D eigenvalue weighted by Crippen LogP contribution is 2.47. The van der Waals surface area contributed by atoms with Crippen LogP contribution in [0.3, 0.4) is 0 Å². The number of halogens is 2. The van der Waals surface area contributed by atoms with E-state index in [4.69, 9.17) is 32.0 Å². The van der Waals surface area contributed by atoms with Crippen molar-refractivity contribution in [2.24, 2.45) is 0 Å². The Balaban J connectivity index is 0.000000147. The first-order valence-corrected chi connectivity index (χ1v) is 43.6. The molecule has 10 aromatic carbocycles. The van der Waals surface area contributed by atoms with Gasteiger partial charge >= 0.3 is 0 Å². The Hall–Kier alpha value is -11.2. The van der Waals surface area contributed by atoms with Crippen molar-refractivity contribution in [1.82, 2.24) is 20.4 Å². The number of carbonyl (C=O) groups excluding carboxylic acids is 1. The van der Waals surface area contributed by atoms with Crippen molar-refractivity contribution >= 4 is 206 Å². The summed E-state index contributed by atoms with van der Waals surface area (Å²) in [5, 5.41) is 17.2. The highest BCUT2D eigenvalue weighted by Gasteiger charge is 2.21. The van der Waals surface area contributed by atoms with Crippen LogP contribution in [0.25, 0.3) is 120 Å². The molecule has 0 aliphatic heterocycles. The maximum atomic E-state index is 11.1. The van der Waals surface area contributed by atoms with Gasteiger partial charge in [0, 0.05) is 89.8 Å². The van der Waals surface area contributed by atoms with Crippen molar-refractivity contribution in [3.63, 3.8) is 0 Å². The summed E-state index contributed by atoms with van der Waals surface area (Å²) in [6.45, 7) is 15.4. The lowest BCUT2D eigenvalue weighted by atomic mass is 9.87. The summed E-state index contributed by atoms with van der Waals surface area (Å²) < 4.78 is 22.3. The molecule has 8 aromatic heterocycles. The molecule has 0 saturated heterocycles. The second-order valence-electron chi connectivity index (χ2n) is 29.1. The standard InChI is InChI=1S/C48H37N3OS3.C29H19NOS3.C20H22N2O.CH2Cl2/c1-48(2,3)36-24-22-35(23-25-36)47-50-49-46(52-47)34-20-14-32(15-21-34)18-28-40-30-42-44(53-40)45-43(55-42)31-41(54-45)29-19-33-16-26-39(27-17-33)51(37-10-6-4-7-11-37)38-12-8-5-9-13-38;31-19-25-18-27-29(33-25)28-26(34-27)17-24(32-28)16-13-20-11-14-23(15-12-20)30(21-7-3-1-4-8-21)22-9-5-2-6-10-22;1-5-14-6-8-15(9-7-14)18-21-22-19(23-18)16-10-12-17(13-11-16)20(2,3)4;2-1-3/h4-31H,1-3H3;1-19H;6-13H,5H2,1-4H3;1H2/b28-18+,29-19+;16-13+;;. The zero-order valence-corrected chi connectivity index (χ0v) is 70.7. The van der Waals surface area contributed by atoms with E-state index in [0.29, 0.717) is 23.6 Å². The first-order valence-electron chi connectivity index (χ1n) is 37.6. The molecule has 8 heterocycles. The molecule has 18 aromatic rings. The van der Waals surface area contributed by atoms with Crippen LogP contribution in [0.2, 0.25) is 0 Å². The number of aromatic nitrogens is 4. The number of aldehydes is 1. The van der Waals surface area contributed by atoms with Gasteiger partial charge in [0.2, 0.25) is 23.6 Å². The van der Waals surface area contributed by atoms with Crippen molar-refractivity contribution in [2.75, 3.05) is 15.1 Å². The average molecular weight is 1650 g/mol. The number of carbonyl (C=O) groups is 1. The summed E-state index contributed by atoms with van der Waals surface area (Å²) in [6, 6.07) is 101. The third-order valence-electron chi connectivity index (χ3n) is 19.1. The van der Waals surface area contributed by atoms with Gasteiger partial charge in [-0.1, -0.05) is 212 Å². The Morgan fingerprint density at radius 2 is 0.574 bits per heavy atom. The van der Waals surface area contributed by atoms with Gasteiger partial charge in [0.15, 0.2) is 6.29 Å². The lowest BCUT2D eigenvalue weighted by molar-refractivity contribution is 0.112. The third kappa shape index (κ3) is 19.1. The Morgan fingerprint density at radius 1 is 0.322 bits per heavy atom. The fourth-order valence-corrected chi connectivity index (χ4v) is 20.6. The lowest BCUT2D eigenvalue weighted by Crippen LogP contribution is -2.10. The van der Waals surface area contributed by atoms with Gasteiger partial charge in [-0.05, 0) is 214 Å². The van der Waals surface area contributed by atoms with Crippen molar-refractivity contribution < 1.29 is 13.6 Å². The molecule has 0 saturated carbocycles. The lowest BCUT2D eigenvalue weighted by Gasteiger charge is -2.25. The van der Waals surface area contributed by atoms with E-state index in [0.717, 1.165) is 85.1 Å². The van der Waals surface area contributed by atoms with Crippen LogP contribution in [0.1, 0.15) is 106 Å². The first-order chi connectivity index (χ1) is 56.0. The summed E-state index contributed by atoms with van der Waals surface area (Å²) in [4.78, 5) is 20.2. The normalized spacial score (nSPS) is 11.7. The molecule has 17 heteroatoms. The minimum absolute atomic E-state index is 0.0966. The number of hydrogen-bond acceptors (Lipinski definition) is 15. The zero-order chi connectivity index (χ0) is 79.4. The second kappa shape index (κ2) is 36.1. The van der Waals surface area contributed by atoms with Gasteiger partial charge in [-0.25, -0.2) is 0 Å². The Labute approximate surface area is 704 Å².